The van der Waals surface area contributed by atoms with Gasteiger partial charge in [0.1, 0.15) is 0 Å². The van der Waals surface area contributed by atoms with Gasteiger partial charge in [0.2, 0.25) is 0 Å². The van der Waals surface area contributed by atoms with Gasteiger partial charge in [0, 0.05) is 18.2 Å². The summed E-state index contributed by atoms with van der Waals surface area (Å²) >= 11 is 6.11. The molecule has 1 aliphatic heterocycles. The third-order valence-corrected chi connectivity index (χ3v) is 3.95. The average Bonchev–Trinajstić information content (AvgIpc) is 2.42. The summed E-state index contributed by atoms with van der Waals surface area (Å²) in [7, 11) is 1.39. The Morgan fingerprint density at radius 2 is 2.11 bits per heavy atom. The van der Waals surface area contributed by atoms with Gasteiger partial charge in [-0.3, -0.25) is 0 Å². The van der Waals surface area contributed by atoms with Gasteiger partial charge in [0.05, 0.1) is 12.7 Å². The fourth-order valence-electron chi connectivity index (χ4n) is 2.53. The average molecular weight is 283 g/mol. The van der Waals surface area contributed by atoms with E-state index >= 15 is 0 Å². The van der Waals surface area contributed by atoms with Gasteiger partial charge in [-0.15, -0.1) is 0 Å². The Hall–Kier alpha value is -1.06. The molecule has 0 unspecified atom stereocenters. The second kappa shape index (κ2) is 6.40. The number of rotatable bonds is 3. The maximum absolute atomic E-state index is 11.7. The van der Waals surface area contributed by atoms with Crippen LogP contribution in [-0.2, 0) is 15.9 Å². The first-order chi connectivity index (χ1) is 9.11. The zero-order chi connectivity index (χ0) is 13.8. The highest BCUT2D eigenvalue weighted by Crippen LogP contribution is 2.27. The van der Waals surface area contributed by atoms with Crippen LogP contribution in [0, 0.1) is 12.8 Å². The molecule has 1 aromatic rings. The number of ether oxygens (including phenoxy) is 2. The van der Waals surface area contributed by atoms with Crippen LogP contribution >= 0.6 is 11.6 Å². The van der Waals surface area contributed by atoms with Gasteiger partial charge in [-0.05, 0) is 55.4 Å². The van der Waals surface area contributed by atoms with E-state index in [-0.39, 0.29) is 5.97 Å². The van der Waals surface area contributed by atoms with E-state index in [1.807, 2.05) is 13.0 Å². The summed E-state index contributed by atoms with van der Waals surface area (Å²) in [5.41, 5.74) is 2.68. The lowest BCUT2D eigenvalue weighted by atomic mass is 9.89. The lowest BCUT2D eigenvalue weighted by Crippen LogP contribution is -2.18. The molecule has 0 bridgehead atoms. The van der Waals surface area contributed by atoms with Crippen molar-refractivity contribution in [2.24, 2.45) is 5.92 Å². The fraction of sp³-hybridized carbons (Fsp3) is 0.533. The van der Waals surface area contributed by atoms with Gasteiger partial charge >= 0.3 is 5.97 Å². The van der Waals surface area contributed by atoms with Crippen molar-refractivity contribution < 1.29 is 14.3 Å². The van der Waals surface area contributed by atoms with Gasteiger partial charge in [0.25, 0.3) is 0 Å². The smallest absolute Gasteiger partial charge is 0.338 e. The van der Waals surface area contributed by atoms with Crippen LogP contribution in [0.4, 0.5) is 0 Å². The van der Waals surface area contributed by atoms with E-state index in [1.54, 1.807) is 6.07 Å². The van der Waals surface area contributed by atoms with E-state index in [9.17, 15) is 4.79 Å². The van der Waals surface area contributed by atoms with Crippen LogP contribution in [0.1, 0.15) is 34.3 Å². The summed E-state index contributed by atoms with van der Waals surface area (Å²) < 4.78 is 10.2. The Bertz CT molecular complexity index is 465. The molecule has 0 N–H and O–H groups in total. The zero-order valence-electron chi connectivity index (χ0n) is 11.4. The summed E-state index contributed by atoms with van der Waals surface area (Å²) in [6.45, 7) is 3.61. The van der Waals surface area contributed by atoms with Crippen LogP contribution in [0.2, 0.25) is 5.02 Å². The molecule has 19 heavy (non-hydrogen) atoms. The Morgan fingerprint density at radius 3 is 2.74 bits per heavy atom. The van der Waals surface area contributed by atoms with Gasteiger partial charge in [-0.25, -0.2) is 4.79 Å². The molecule has 0 amide bonds. The van der Waals surface area contributed by atoms with E-state index in [1.165, 1.54) is 7.11 Å². The number of hydrogen-bond donors (Lipinski definition) is 0. The zero-order valence-corrected chi connectivity index (χ0v) is 12.1. The van der Waals surface area contributed by atoms with Crippen molar-refractivity contribution in [3.63, 3.8) is 0 Å². The molecule has 1 aromatic carbocycles. The second-order valence-corrected chi connectivity index (χ2v) is 5.43. The SMILES string of the molecule is COC(=O)c1cc(Cl)cc(CC2CCOCC2)c1C. The number of hydrogen-bond acceptors (Lipinski definition) is 3. The molecule has 1 aliphatic rings. The van der Waals surface area contributed by atoms with Crippen molar-refractivity contribution in [1.82, 2.24) is 0 Å². The highest BCUT2D eigenvalue weighted by molar-refractivity contribution is 6.31. The van der Waals surface area contributed by atoms with Crippen molar-refractivity contribution in [2.45, 2.75) is 26.2 Å². The number of benzene rings is 1. The first-order valence-electron chi connectivity index (χ1n) is 6.57. The molecular formula is C15H19ClO3. The number of carbonyl (C=O) groups is 1. The van der Waals surface area contributed by atoms with Crippen LogP contribution in [0.15, 0.2) is 12.1 Å². The summed E-state index contributed by atoms with van der Waals surface area (Å²) in [4.78, 5) is 11.7. The molecule has 3 nitrogen and oxygen atoms in total. The minimum absolute atomic E-state index is 0.326. The first-order valence-corrected chi connectivity index (χ1v) is 6.94. The van der Waals surface area contributed by atoms with E-state index in [0.717, 1.165) is 43.6 Å². The minimum atomic E-state index is -0.326. The second-order valence-electron chi connectivity index (χ2n) is 4.99. The van der Waals surface area contributed by atoms with Gasteiger partial charge in [0.15, 0.2) is 0 Å². The minimum Gasteiger partial charge on any atom is -0.465 e. The summed E-state index contributed by atoms with van der Waals surface area (Å²) in [6.07, 6.45) is 3.08. The van der Waals surface area contributed by atoms with Crippen LogP contribution in [-0.4, -0.2) is 26.3 Å². The fourth-order valence-corrected chi connectivity index (χ4v) is 2.77. The lowest BCUT2D eigenvalue weighted by Gasteiger charge is -2.23. The molecule has 0 aromatic heterocycles. The number of methoxy groups -OCH3 is 1. The third-order valence-electron chi connectivity index (χ3n) is 3.73. The molecule has 0 atom stereocenters. The lowest BCUT2D eigenvalue weighted by molar-refractivity contribution is 0.0598. The van der Waals surface area contributed by atoms with Crippen molar-refractivity contribution in [2.75, 3.05) is 20.3 Å². The topological polar surface area (TPSA) is 35.5 Å². The Labute approximate surface area is 118 Å². The molecule has 0 spiro atoms. The molecular weight excluding hydrogens is 264 g/mol. The molecule has 0 aliphatic carbocycles. The Balaban J connectivity index is 2.24. The molecule has 1 fully saturated rings. The monoisotopic (exact) mass is 282 g/mol. The van der Waals surface area contributed by atoms with Crippen molar-refractivity contribution in [1.29, 1.82) is 0 Å². The predicted octanol–water partition coefficient (Wildman–Crippen LogP) is 3.40. The van der Waals surface area contributed by atoms with Crippen LogP contribution in [0.25, 0.3) is 0 Å². The summed E-state index contributed by atoms with van der Waals surface area (Å²) in [5, 5.41) is 0.591. The van der Waals surface area contributed by atoms with Crippen LogP contribution in [0.3, 0.4) is 0 Å². The number of esters is 1. The van der Waals surface area contributed by atoms with Gasteiger partial charge in [-0.1, -0.05) is 11.6 Å². The summed E-state index contributed by atoms with van der Waals surface area (Å²) in [5.74, 6) is 0.282. The maximum Gasteiger partial charge on any atom is 0.338 e. The third kappa shape index (κ3) is 3.48. The predicted molar refractivity (Wildman–Crippen MR) is 74.8 cm³/mol. The number of halogens is 1. The molecule has 0 saturated carbocycles. The van der Waals surface area contributed by atoms with Crippen molar-refractivity contribution in [3.05, 3.63) is 33.8 Å². The van der Waals surface area contributed by atoms with E-state index in [4.69, 9.17) is 21.1 Å². The van der Waals surface area contributed by atoms with Gasteiger partial charge in [-0.2, -0.15) is 0 Å². The highest BCUT2D eigenvalue weighted by Gasteiger charge is 2.19. The Kier molecular flexibility index (Phi) is 4.83. The normalized spacial score (nSPS) is 16.4. The largest absolute Gasteiger partial charge is 0.465 e. The van der Waals surface area contributed by atoms with Crippen LogP contribution in [0.5, 0.6) is 0 Å². The maximum atomic E-state index is 11.7. The Morgan fingerprint density at radius 1 is 1.42 bits per heavy atom. The van der Waals surface area contributed by atoms with Gasteiger partial charge < -0.3 is 9.47 Å². The standard InChI is InChI=1S/C15H19ClO3/c1-10-12(7-11-3-5-19-6-4-11)8-13(16)9-14(10)15(17)18-2/h8-9,11H,3-7H2,1-2H3. The molecule has 4 heteroatoms. The summed E-state index contributed by atoms with van der Waals surface area (Å²) in [6, 6.07) is 3.63. The molecule has 1 heterocycles. The highest BCUT2D eigenvalue weighted by atomic mass is 35.5. The molecule has 2 rings (SSSR count). The molecule has 1 saturated heterocycles. The van der Waals surface area contributed by atoms with Crippen molar-refractivity contribution >= 4 is 17.6 Å². The van der Waals surface area contributed by atoms with E-state index in [0.29, 0.717) is 16.5 Å². The first kappa shape index (κ1) is 14.4. The molecule has 0 radical (unpaired) electrons. The van der Waals surface area contributed by atoms with Crippen molar-refractivity contribution in [3.8, 4) is 0 Å². The quantitative estimate of drug-likeness (QED) is 0.797. The van der Waals surface area contributed by atoms with E-state index in [2.05, 4.69) is 0 Å². The van der Waals surface area contributed by atoms with E-state index < -0.39 is 0 Å². The molecule has 104 valence electrons. The number of carbonyl (C=O) groups excluding carboxylic acids is 1. The van der Waals surface area contributed by atoms with Crippen LogP contribution < -0.4 is 0 Å².